The molecule has 23 heavy (non-hydrogen) atoms. The van der Waals surface area contributed by atoms with E-state index in [0.717, 1.165) is 39.0 Å². The molecule has 1 fully saturated rings. The predicted octanol–water partition coefficient (Wildman–Crippen LogP) is 2.77. The van der Waals surface area contributed by atoms with Crippen molar-refractivity contribution in [3.63, 3.8) is 0 Å². The average molecular weight is 337 g/mol. The number of rotatable bonds is 8. The zero-order chi connectivity index (χ0) is 16.5. The van der Waals surface area contributed by atoms with Crippen LogP contribution in [0.5, 0.6) is 0 Å². The van der Waals surface area contributed by atoms with Crippen LogP contribution in [0.4, 0.5) is 0 Å². The SMILES string of the molecule is CCOCC(=O)NCC1CCN(Cc2ccccc2SC)CC1. The molecule has 1 heterocycles. The molecular weight excluding hydrogens is 308 g/mol. The minimum absolute atomic E-state index is 0.00294. The molecule has 2 rings (SSSR count). The van der Waals surface area contributed by atoms with Crippen molar-refractivity contribution in [2.45, 2.75) is 31.2 Å². The number of carbonyl (C=O) groups excluding carboxylic acids is 1. The lowest BCUT2D eigenvalue weighted by molar-refractivity contribution is -0.125. The van der Waals surface area contributed by atoms with Gasteiger partial charge in [0.1, 0.15) is 6.61 Å². The summed E-state index contributed by atoms with van der Waals surface area (Å²) in [4.78, 5) is 15.5. The summed E-state index contributed by atoms with van der Waals surface area (Å²) in [6.07, 6.45) is 4.43. The van der Waals surface area contributed by atoms with Crippen LogP contribution in [-0.2, 0) is 16.1 Å². The molecule has 0 aromatic heterocycles. The topological polar surface area (TPSA) is 41.6 Å². The highest BCUT2D eigenvalue weighted by Crippen LogP contribution is 2.24. The molecule has 128 valence electrons. The normalized spacial score (nSPS) is 16.4. The third-order valence-electron chi connectivity index (χ3n) is 4.32. The fraction of sp³-hybridized carbons (Fsp3) is 0.611. The molecule has 1 saturated heterocycles. The standard InChI is InChI=1S/C18H28N2O2S/c1-3-22-14-18(21)19-12-15-8-10-20(11-9-15)13-16-6-4-5-7-17(16)23-2/h4-7,15H,3,8-14H2,1-2H3,(H,19,21). The van der Waals surface area contributed by atoms with E-state index in [2.05, 4.69) is 40.7 Å². The average Bonchev–Trinajstić information content (AvgIpc) is 2.59. The number of amides is 1. The molecule has 1 aliphatic rings. The van der Waals surface area contributed by atoms with E-state index >= 15 is 0 Å². The van der Waals surface area contributed by atoms with Crippen molar-refractivity contribution in [3.05, 3.63) is 29.8 Å². The zero-order valence-electron chi connectivity index (χ0n) is 14.2. The smallest absolute Gasteiger partial charge is 0.246 e. The minimum Gasteiger partial charge on any atom is -0.372 e. The number of ether oxygens (including phenoxy) is 1. The number of nitrogens with zero attached hydrogens (tertiary/aromatic N) is 1. The van der Waals surface area contributed by atoms with E-state index in [9.17, 15) is 4.79 Å². The lowest BCUT2D eigenvalue weighted by Crippen LogP contribution is -2.39. The summed E-state index contributed by atoms with van der Waals surface area (Å²) < 4.78 is 5.12. The third kappa shape index (κ3) is 6.16. The van der Waals surface area contributed by atoms with Crippen LogP contribution in [0.2, 0.25) is 0 Å². The summed E-state index contributed by atoms with van der Waals surface area (Å²) in [5, 5.41) is 2.98. The number of hydrogen-bond acceptors (Lipinski definition) is 4. The van der Waals surface area contributed by atoms with Crippen molar-refractivity contribution in [3.8, 4) is 0 Å². The number of thioether (sulfide) groups is 1. The van der Waals surface area contributed by atoms with Gasteiger partial charge in [-0.25, -0.2) is 0 Å². The van der Waals surface area contributed by atoms with Crippen LogP contribution in [0.1, 0.15) is 25.3 Å². The van der Waals surface area contributed by atoms with Crippen LogP contribution in [0.25, 0.3) is 0 Å². The van der Waals surface area contributed by atoms with Crippen molar-refractivity contribution in [2.75, 3.05) is 39.1 Å². The summed E-state index contributed by atoms with van der Waals surface area (Å²) in [5.41, 5.74) is 1.42. The number of carbonyl (C=O) groups is 1. The van der Waals surface area contributed by atoms with Crippen molar-refractivity contribution >= 4 is 17.7 Å². The van der Waals surface area contributed by atoms with E-state index in [1.165, 1.54) is 10.5 Å². The van der Waals surface area contributed by atoms with Gasteiger partial charge in [-0.05, 0) is 56.7 Å². The summed E-state index contributed by atoms with van der Waals surface area (Å²) in [6, 6.07) is 8.65. The fourth-order valence-corrected chi connectivity index (χ4v) is 3.54. The van der Waals surface area contributed by atoms with Gasteiger partial charge in [-0.1, -0.05) is 18.2 Å². The number of nitrogens with one attached hydrogen (secondary N) is 1. The fourth-order valence-electron chi connectivity index (χ4n) is 2.93. The molecule has 0 unspecified atom stereocenters. The van der Waals surface area contributed by atoms with Gasteiger partial charge in [0, 0.05) is 24.6 Å². The van der Waals surface area contributed by atoms with Gasteiger partial charge in [0.25, 0.3) is 0 Å². The molecule has 1 aromatic carbocycles. The van der Waals surface area contributed by atoms with Crippen LogP contribution in [-0.4, -0.2) is 49.9 Å². The van der Waals surface area contributed by atoms with Crippen LogP contribution in [0, 0.1) is 5.92 Å². The molecular formula is C18H28N2O2S. The van der Waals surface area contributed by atoms with Gasteiger partial charge in [0.2, 0.25) is 5.91 Å². The first kappa shape index (κ1) is 18.3. The van der Waals surface area contributed by atoms with Gasteiger partial charge in [-0.2, -0.15) is 0 Å². The Morgan fingerprint density at radius 1 is 1.35 bits per heavy atom. The first-order valence-electron chi connectivity index (χ1n) is 8.41. The quantitative estimate of drug-likeness (QED) is 0.741. The van der Waals surface area contributed by atoms with E-state index in [-0.39, 0.29) is 12.5 Å². The second kappa shape index (κ2) is 9.96. The molecule has 0 radical (unpaired) electrons. The third-order valence-corrected chi connectivity index (χ3v) is 5.16. The van der Waals surface area contributed by atoms with Crippen LogP contribution in [0.3, 0.4) is 0 Å². The number of likely N-dealkylation sites (tertiary alicyclic amines) is 1. The molecule has 0 bridgehead atoms. The van der Waals surface area contributed by atoms with Gasteiger partial charge >= 0.3 is 0 Å². The van der Waals surface area contributed by atoms with Crippen molar-refractivity contribution in [2.24, 2.45) is 5.92 Å². The second-order valence-electron chi connectivity index (χ2n) is 5.97. The Bertz CT molecular complexity index is 488. The largest absolute Gasteiger partial charge is 0.372 e. The van der Waals surface area contributed by atoms with Crippen LogP contribution >= 0.6 is 11.8 Å². The molecule has 0 spiro atoms. The molecule has 4 nitrogen and oxygen atoms in total. The van der Waals surface area contributed by atoms with E-state index in [4.69, 9.17) is 4.74 Å². The maximum atomic E-state index is 11.6. The Labute approximate surface area is 144 Å². The van der Waals surface area contributed by atoms with Crippen molar-refractivity contribution in [1.82, 2.24) is 10.2 Å². The highest BCUT2D eigenvalue weighted by atomic mass is 32.2. The Balaban J connectivity index is 1.70. The molecule has 1 amide bonds. The summed E-state index contributed by atoms with van der Waals surface area (Å²) in [5.74, 6) is 0.593. The minimum atomic E-state index is 0.00294. The van der Waals surface area contributed by atoms with E-state index < -0.39 is 0 Å². The second-order valence-corrected chi connectivity index (χ2v) is 6.82. The Morgan fingerprint density at radius 3 is 2.78 bits per heavy atom. The maximum absolute atomic E-state index is 11.6. The van der Waals surface area contributed by atoms with Gasteiger partial charge < -0.3 is 10.1 Å². The summed E-state index contributed by atoms with van der Waals surface area (Å²) >= 11 is 1.82. The molecule has 0 saturated carbocycles. The number of piperidine rings is 1. The molecule has 1 aromatic rings. The van der Waals surface area contributed by atoms with Gasteiger partial charge in [-0.3, -0.25) is 9.69 Å². The maximum Gasteiger partial charge on any atom is 0.246 e. The molecule has 5 heteroatoms. The molecule has 1 N–H and O–H groups in total. The lowest BCUT2D eigenvalue weighted by Gasteiger charge is -2.32. The lowest BCUT2D eigenvalue weighted by atomic mass is 9.96. The Kier molecular flexibility index (Phi) is 7.92. The van der Waals surface area contributed by atoms with Crippen LogP contribution in [0.15, 0.2) is 29.2 Å². The predicted molar refractivity (Wildman–Crippen MR) is 95.7 cm³/mol. The molecule has 1 aliphatic heterocycles. The van der Waals surface area contributed by atoms with Gasteiger partial charge in [0.15, 0.2) is 0 Å². The highest BCUT2D eigenvalue weighted by Gasteiger charge is 2.20. The van der Waals surface area contributed by atoms with E-state index in [0.29, 0.717) is 12.5 Å². The first-order valence-corrected chi connectivity index (χ1v) is 9.64. The molecule has 0 atom stereocenters. The first-order chi connectivity index (χ1) is 11.2. The van der Waals surface area contributed by atoms with Gasteiger partial charge in [0.05, 0.1) is 0 Å². The Morgan fingerprint density at radius 2 is 2.09 bits per heavy atom. The van der Waals surface area contributed by atoms with Gasteiger partial charge in [-0.15, -0.1) is 11.8 Å². The zero-order valence-corrected chi connectivity index (χ0v) is 15.0. The molecule has 0 aliphatic carbocycles. The summed E-state index contributed by atoms with van der Waals surface area (Å²) in [6.45, 7) is 6.69. The van der Waals surface area contributed by atoms with Crippen LogP contribution < -0.4 is 5.32 Å². The van der Waals surface area contributed by atoms with E-state index in [1.807, 2.05) is 18.7 Å². The van der Waals surface area contributed by atoms with Crippen molar-refractivity contribution < 1.29 is 9.53 Å². The number of hydrogen-bond donors (Lipinski definition) is 1. The van der Waals surface area contributed by atoms with Crippen molar-refractivity contribution in [1.29, 1.82) is 0 Å². The highest BCUT2D eigenvalue weighted by molar-refractivity contribution is 7.98. The number of benzene rings is 1. The Hall–Kier alpha value is -1.04. The summed E-state index contributed by atoms with van der Waals surface area (Å²) in [7, 11) is 0. The van der Waals surface area contributed by atoms with E-state index in [1.54, 1.807) is 0 Å². The monoisotopic (exact) mass is 336 g/mol.